The van der Waals surface area contributed by atoms with Gasteiger partial charge in [-0.25, -0.2) is 4.79 Å². The van der Waals surface area contributed by atoms with Gasteiger partial charge in [0.05, 0.1) is 37.8 Å². The number of halogens is 1. The molecule has 1 heterocycles. The van der Waals surface area contributed by atoms with Crippen molar-refractivity contribution in [3.05, 3.63) is 81.2 Å². The molecule has 0 N–H and O–H groups in total. The lowest BCUT2D eigenvalue weighted by atomic mass is 10.0. The number of ether oxygens (including phenoxy) is 4. The molecule has 0 aliphatic carbocycles. The number of carbonyl (C=O) groups excluding carboxylic acids is 1. The summed E-state index contributed by atoms with van der Waals surface area (Å²) in [4.78, 5) is 26.7. The van der Waals surface area contributed by atoms with Gasteiger partial charge in [-0.3, -0.25) is 4.79 Å². The Morgan fingerprint density at radius 3 is 2.18 bits per heavy atom. The Bertz CT molecular complexity index is 1500. The Morgan fingerprint density at radius 1 is 0.872 bits per heavy atom. The number of hydrogen-bond donors (Lipinski definition) is 0. The topological polar surface area (TPSA) is 84.2 Å². The number of esters is 1. The summed E-state index contributed by atoms with van der Waals surface area (Å²) < 4.78 is 27.8. The van der Waals surface area contributed by atoms with Crippen LogP contribution in [0.2, 0.25) is 5.02 Å². The van der Waals surface area contributed by atoms with Gasteiger partial charge in [-0.15, -0.1) is 0 Å². The van der Waals surface area contributed by atoms with E-state index in [2.05, 4.69) is 6.92 Å². The highest BCUT2D eigenvalue weighted by Crippen LogP contribution is 2.39. The molecule has 0 spiro atoms. The Morgan fingerprint density at radius 2 is 1.56 bits per heavy atom. The predicted octanol–water partition coefficient (Wildman–Crippen LogP) is 7.48. The lowest BCUT2D eigenvalue weighted by molar-refractivity contribution is 0.0732. The second-order valence-electron chi connectivity index (χ2n) is 9.06. The van der Waals surface area contributed by atoms with E-state index in [9.17, 15) is 9.59 Å². The van der Waals surface area contributed by atoms with Gasteiger partial charge in [0.1, 0.15) is 17.6 Å². The standard InChI is InChI=1S/C31H31ClO7/c1-5-6-7-8-9-20-14-23-26(38-18-24(29(23)33)19-10-12-22(32)13-11-19)17-25(20)39-31(34)21-15-27(35-2)30(37-4)28(16-21)36-3/h10-18H,5-9H2,1-4H3. The number of fused-ring (bicyclic) bond motifs is 1. The number of hydrogen-bond acceptors (Lipinski definition) is 7. The van der Waals surface area contributed by atoms with Crippen LogP contribution in [0.15, 0.2) is 64.0 Å². The number of methoxy groups -OCH3 is 3. The van der Waals surface area contributed by atoms with Crippen molar-refractivity contribution in [1.29, 1.82) is 0 Å². The van der Waals surface area contributed by atoms with Gasteiger partial charge in [-0.1, -0.05) is 49.9 Å². The van der Waals surface area contributed by atoms with Gasteiger partial charge in [0, 0.05) is 11.1 Å². The molecule has 0 saturated heterocycles. The second-order valence-corrected chi connectivity index (χ2v) is 9.49. The van der Waals surface area contributed by atoms with Gasteiger partial charge >= 0.3 is 5.97 Å². The van der Waals surface area contributed by atoms with Crippen LogP contribution in [-0.4, -0.2) is 27.3 Å². The summed E-state index contributed by atoms with van der Waals surface area (Å²) in [7, 11) is 4.44. The molecule has 39 heavy (non-hydrogen) atoms. The molecule has 3 aromatic carbocycles. The fourth-order valence-corrected chi connectivity index (χ4v) is 4.55. The Hall–Kier alpha value is -3.97. The van der Waals surface area contributed by atoms with E-state index in [1.54, 1.807) is 36.4 Å². The zero-order chi connectivity index (χ0) is 27.9. The average molecular weight is 551 g/mol. The molecule has 0 radical (unpaired) electrons. The van der Waals surface area contributed by atoms with Crippen LogP contribution in [0.4, 0.5) is 0 Å². The summed E-state index contributed by atoms with van der Waals surface area (Å²) >= 11 is 6.01. The van der Waals surface area contributed by atoms with Crippen molar-refractivity contribution < 1.29 is 28.2 Å². The minimum atomic E-state index is -0.608. The smallest absolute Gasteiger partial charge is 0.343 e. The van der Waals surface area contributed by atoms with Crippen molar-refractivity contribution in [3.8, 4) is 34.1 Å². The highest BCUT2D eigenvalue weighted by molar-refractivity contribution is 6.30. The molecule has 0 bridgehead atoms. The molecular formula is C31H31ClO7. The third kappa shape index (κ3) is 6.20. The Labute approximate surface area is 232 Å². The molecule has 0 amide bonds. The van der Waals surface area contributed by atoms with E-state index >= 15 is 0 Å². The van der Waals surface area contributed by atoms with E-state index in [0.29, 0.717) is 56.5 Å². The minimum absolute atomic E-state index is 0.170. The summed E-state index contributed by atoms with van der Waals surface area (Å²) in [5.41, 5.74) is 2.26. The summed E-state index contributed by atoms with van der Waals surface area (Å²) in [6.07, 6.45) is 6.15. The monoisotopic (exact) mass is 550 g/mol. The number of aryl methyl sites for hydroxylation is 1. The highest BCUT2D eigenvalue weighted by atomic mass is 35.5. The zero-order valence-electron chi connectivity index (χ0n) is 22.5. The van der Waals surface area contributed by atoms with Gasteiger partial charge in [0.2, 0.25) is 11.2 Å². The van der Waals surface area contributed by atoms with Crippen LogP contribution in [-0.2, 0) is 6.42 Å². The van der Waals surface area contributed by atoms with Crippen LogP contribution >= 0.6 is 11.6 Å². The fraction of sp³-hybridized carbons (Fsp3) is 0.290. The molecule has 4 aromatic rings. The first kappa shape index (κ1) is 28.0. The van der Waals surface area contributed by atoms with Crippen LogP contribution < -0.4 is 24.4 Å². The first-order valence-corrected chi connectivity index (χ1v) is 13.1. The van der Waals surface area contributed by atoms with Crippen molar-refractivity contribution in [2.75, 3.05) is 21.3 Å². The van der Waals surface area contributed by atoms with E-state index < -0.39 is 5.97 Å². The van der Waals surface area contributed by atoms with Gasteiger partial charge in [-0.05, 0) is 54.3 Å². The molecule has 0 aliphatic heterocycles. The molecule has 4 rings (SSSR count). The van der Waals surface area contributed by atoms with Crippen molar-refractivity contribution in [2.45, 2.75) is 39.0 Å². The average Bonchev–Trinajstić information content (AvgIpc) is 2.95. The van der Waals surface area contributed by atoms with Crippen LogP contribution in [0.25, 0.3) is 22.1 Å². The van der Waals surface area contributed by atoms with Crippen LogP contribution in [0, 0.1) is 0 Å². The quantitative estimate of drug-likeness (QED) is 0.109. The predicted molar refractivity (Wildman–Crippen MR) is 152 cm³/mol. The van der Waals surface area contributed by atoms with E-state index in [-0.39, 0.29) is 11.0 Å². The second kappa shape index (κ2) is 12.7. The van der Waals surface area contributed by atoms with Gasteiger partial charge in [0.25, 0.3) is 0 Å². The van der Waals surface area contributed by atoms with Crippen LogP contribution in [0.3, 0.4) is 0 Å². The van der Waals surface area contributed by atoms with E-state index in [1.165, 1.54) is 39.7 Å². The van der Waals surface area contributed by atoms with Crippen molar-refractivity contribution >= 4 is 28.5 Å². The third-order valence-electron chi connectivity index (χ3n) is 6.51. The summed E-state index contributed by atoms with van der Waals surface area (Å²) in [6.45, 7) is 2.14. The number of benzene rings is 3. The third-order valence-corrected chi connectivity index (χ3v) is 6.77. The van der Waals surface area contributed by atoms with Crippen molar-refractivity contribution in [2.24, 2.45) is 0 Å². The van der Waals surface area contributed by atoms with Crippen molar-refractivity contribution in [3.63, 3.8) is 0 Å². The number of unbranched alkanes of at least 4 members (excludes halogenated alkanes) is 3. The first-order chi connectivity index (χ1) is 18.9. The summed E-state index contributed by atoms with van der Waals surface area (Å²) in [5.74, 6) is 0.770. The van der Waals surface area contributed by atoms with Gasteiger partial charge in [0.15, 0.2) is 11.5 Å². The van der Waals surface area contributed by atoms with Gasteiger partial charge < -0.3 is 23.4 Å². The highest BCUT2D eigenvalue weighted by Gasteiger charge is 2.21. The number of carbonyl (C=O) groups is 1. The molecule has 0 fully saturated rings. The lowest BCUT2D eigenvalue weighted by Gasteiger charge is -2.15. The van der Waals surface area contributed by atoms with E-state index in [4.69, 9.17) is 35.0 Å². The summed E-state index contributed by atoms with van der Waals surface area (Å²) in [6, 6.07) is 13.4. The Kier molecular flexibility index (Phi) is 9.15. The fourth-order valence-electron chi connectivity index (χ4n) is 4.42. The van der Waals surface area contributed by atoms with Crippen molar-refractivity contribution in [1.82, 2.24) is 0 Å². The van der Waals surface area contributed by atoms with Crippen LogP contribution in [0.1, 0.15) is 48.5 Å². The number of rotatable bonds is 11. The molecule has 1 aromatic heterocycles. The maximum atomic E-state index is 13.5. The van der Waals surface area contributed by atoms with E-state index in [1.807, 2.05) is 0 Å². The van der Waals surface area contributed by atoms with E-state index in [0.717, 1.165) is 31.2 Å². The largest absolute Gasteiger partial charge is 0.493 e. The molecule has 8 heteroatoms. The molecular weight excluding hydrogens is 520 g/mol. The van der Waals surface area contributed by atoms with Crippen LogP contribution in [0.5, 0.6) is 23.0 Å². The maximum absolute atomic E-state index is 13.5. The normalized spacial score (nSPS) is 10.9. The molecule has 0 unspecified atom stereocenters. The first-order valence-electron chi connectivity index (χ1n) is 12.8. The SMILES string of the molecule is CCCCCCc1cc2c(=O)c(-c3ccc(Cl)cc3)coc2cc1OC(=O)c1cc(OC)c(OC)c(OC)c1. The lowest BCUT2D eigenvalue weighted by Crippen LogP contribution is -2.12. The molecule has 7 nitrogen and oxygen atoms in total. The Balaban J connectivity index is 1.75. The summed E-state index contributed by atoms with van der Waals surface area (Å²) in [5, 5.41) is 0.998. The molecule has 204 valence electrons. The zero-order valence-corrected chi connectivity index (χ0v) is 23.2. The maximum Gasteiger partial charge on any atom is 0.343 e. The minimum Gasteiger partial charge on any atom is -0.493 e. The molecule has 0 saturated carbocycles. The molecule has 0 aliphatic rings. The van der Waals surface area contributed by atoms with Gasteiger partial charge in [-0.2, -0.15) is 0 Å². The molecule has 0 atom stereocenters.